The number of benzene rings is 1. The van der Waals surface area contributed by atoms with E-state index >= 15 is 0 Å². The summed E-state index contributed by atoms with van der Waals surface area (Å²) in [6, 6.07) is 7.84. The fourth-order valence-corrected chi connectivity index (χ4v) is 2.68. The molecule has 0 unspecified atom stereocenters. The van der Waals surface area contributed by atoms with Gasteiger partial charge in [-0.1, -0.05) is 23.4 Å². The smallest absolute Gasteiger partial charge is 0.266 e. The highest BCUT2D eigenvalue weighted by molar-refractivity contribution is 7.25. The first-order valence-electron chi connectivity index (χ1n) is 4.48. The normalized spacial score (nSPS) is 11.3. The molecular weight excluding hydrogens is 210 g/mol. The Morgan fingerprint density at radius 1 is 1.33 bits per heavy atom. The van der Waals surface area contributed by atoms with Crippen molar-refractivity contribution in [2.24, 2.45) is 7.05 Å². The van der Waals surface area contributed by atoms with Gasteiger partial charge in [-0.3, -0.25) is 4.79 Å². The molecular formula is C10H7N3OS. The number of aromatic nitrogens is 3. The van der Waals surface area contributed by atoms with E-state index in [4.69, 9.17) is 0 Å². The predicted molar refractivity (Wildman–Crippen MR) is 60.2 cm³/mol. The third kappa shape index (κ3) is 1.10. The molecule has 5 heteroatoms. The molecule has 1 aromatic carbocycles. The van der Waals surface area contributed by atoms with Crippen molar-refractivity contribution in [1.82, 2.24) is 15.0 Å². The highest BCUT2D eigenvalue weighted by Crippen LogP contribution is 2.29. The Hall–Kier alpha value is -1.75. The van der Waals surface area contributed by atoms with Crippen LogP contribution in [-0.2, 0) is 7.05 Å². The van der Waals surface area contributed by atoms with Gasteiger partial charge in [-0.05, 0) is 6.07 Å². The highest BCUT2D eigenvalue weighted by atomic mass is 32.1. The molecule has 3 aromatic rings. The van der Waals surface area contributed by atoms with Gasteiger partial charge in [0.05, 0.1) is 0 Å². The molecule has 15 heavy (non-hydrogen) atoms. The summed E-state index contributed by atoms with van der Waals surface area (Å²) in [4.78, 5) is 11.8. The summed E-state index contributed by atoms with van der Waals surface area (Å²) in [5, 5.41) is 8.85. The second-order valence-electron chi connectivity index (χ2n) is 3.29. The lowest BCUT2D eigenvalue weighted by molar-refractivity contribution is 0.658. The lowest BCUT2D eigenvalue weighted by Gasteiger charge is -1.92. The molecule has 2 aromatic heterocycles. The van der Waals surface area contributed by atoms with Crippen molar-refractivity contribution in [2.75, 3.05) is 0 Å². The van der Waals surface area contributed by atoms with Crippen LogP contribution >= 0.6 is 11.3 Å². The first-order valence-corrected chi connectivity index (χ1v) is 5.30. The minimum Gasteiger partial charge on any atom is -0.266 e. The van der Waals surface area contributed by atoms with Gasteiger partial charge >= 0.3 is 0 Å². The van der Waals surface area contributed by atoms with E-state index in [2.05, 4.69) is 10.3 Å². The second-order valence-corrected chi connectivity index (χ2v) is 4.35. The summed E-state index contributed by atoms with van der Waals surface area (Å²) in [6.07, 6.45) is 0. The van der Waals surface area contributed by atoms with Crippen molar-refractivity contribution in [1.29, 1.82) is 0 Å². The average Bonchev–Trinajstić information content (AvgIpc) is 2.63. The summed E-state index contributed by atoms with van der Waals surface area (Å²) in [7, 11) is 1.61. The van der Waals surface area contributed by atoms with Crippen molar-refractivity contribution >= 4 is 31.6 Å². The van der Waals surface area contributed by atoms with Gasteiger partial charge in [0.25, 0.3) is 5.56 Å². The van der Waals surface area contributed by atoms with Crippen LogP contribution in [0.2, 0.25) is 0 Å². The van der Waals surface area contributed by atoms with Gasteiger partial charge in [0.15, 0.2) is 0 Å². The van der Waals surface area contributed by atoms with Crippen LogP contribution in [-0.4, -0.2) is 15.0 Å². The molecule has 0 radical (unpaired) electrons. The van der Waals surface area contributed by atoms with Crippen molar-refractivity contribution in [2.45, 2.75) is 0 Å². The third-order valence-corrected chi connectivity index (χ3v) is 3.48. The predicted octanol–water partition coefficient (Wildman–Crippen LogP) is 1.54. The fourth-order valence-electron chi connectivity index (χ4n) is 1.58. The maximum atomic E-state index is 11.8. The Balaban J connectivity index is 2.66. The molecule has 74 valence electrons. The third-order valence-electron chi connectivity index (χ3n) is 2.34. The topological polar surface area (TPSA) is 47.8 Å². The molecule has 0 atom stereocenters. The highest BCUT2D eigenvalue weighted by Gasteiger charge is 2.10. The summed E-state index contributed by atoms with van der Waals surface area (Å²) < 4.78 is 3.01. The van der Waals surface area contributed by atoms with Crippen LogP contribution in [0.1, 0.15) is 0 Å². The zero-order chi connectivity index (χ0) is 10.4. The molecule has 4 nitrogen and oxygen atoms in total. The number of aryl methyl sites for hydroxylation is 1. The summed E-state index contributed by atoms with van der Waals surface area (Å²) >= 11 is 1.47. The SMILES string of the molecule is Cn1nnc2c(sc3ccccc32)c1=O. The van der Waals surface area contributed by atoms with Crippen molar-refractivity contribution in [3.8, 4) is 0 Å². The number of hydrogen-bond acceptors (Lipinski definition) is 4. The van der Waals surface area contributed by atoms with Crippen LogP contribution in [0.5, 0.6) is 0 Å². The maximum absolute atomic E-state index is 11.8. The Labute approximate surface area is 88.8 Å². The molecule has 0 amide bonds. The number of fused-ring (bicyclic) bond motifs is 3. The van der Waals surface area contributed by atoms with Gasteiger partial charge < -0.3 is 0 Å². The van der Waals surface area contributed by atoms with Gasteiger partial charge in [-0.2, -0.15) is 0 Å². The lowest BCUT2D eigenvalue weighted by Crippen LogP contribution is -2.19. The molecule has 0 bridgehead atoms. The summed E-state index contributed by atoms with van der Waals surface area (Å²) in [5.41, 5.74) is 0.625. The monoisotopic (exact) mass is 217 g/mol. The van der Waals surface area contributed by atoms with Gasteiger partial charge in [0.1, 0.15) is 10.2 Å². The molecule has 0 aliphatic rings. The van der Waals surface area contributed by atoms with E-state index in [1.54, 1.807) is 7.05 Å². The van der Waals surface area contributed by atoms with Crippen LogP contribution in [0.3, 0.4) is 0 Å². The minimum atomic E-state index is -0.0822. The zero-order valence-corrected chi connectivity index (χ0v) is 8.78. The van der Waals surface area contributed by atoms with Crippen LogP contribution in [0.4, 0.5) is 0 Å². The molecule has 2 heterocycles. The molecule has 0 aliphatic heterocycles. The molecule has 0 fully saturated rings. The zero-order valence-electron chi connectivity index (χ0n) is 7.97. The van der Waals surface area contributed by atoms with Gasteiger partial charge in [-0.25, -0.2) is 4.68 Å². The number of hydrogen-bond donors (Lipinski definition) is 0. The van der Waals surface area contributed by atoms with E-state index in [1.807, 2.05) is 24.3 Å². The standard InChI is InChI=1S/C10H7N3OS/c1-13-10(14)9-8(11-12-13)6-4-2-3-5-7(6)15-9/h2-5H,1H3. The Morgan fingerprint density at radius 2 is 2.13 bits per heavy atom. The maximum Gasteiger partial charge on any atom is 0.287 e. The quantitative estimate of drug-likeness (QED) is 0.574. The van der Waals surface area contributed by atoms with E-state index in [1.165, 1.54) is 16.0 Å². The molecule has 0 aliphatic carbocycles. The largest absolute Gasteiger partial charge is 0.287 e. The second kappa shape index (κ2) is 2.87. The average molecular weight is 217 g/mol. The van der Waals surface area contributed by atoms with Crippen molar-refractivity contribution in [3.63, 3.8) is 0 Å². The van der Waals surface area contributed by atoms with Crippen LogP contribution in [0, 0.1) is 0 Å². The molecule has 0 N–H and O–H groups in total. The van der Waals surface area contributed by atoms with Gasteiger partial charge in [0.2, 0.25) is 0 Å². The number of rotatable bonds is 0. The van der Waals surface area contributed by atoms with Crippen molar-refractivity contribution in [3.05, 3.63) is 34.6 Å². The van der Waals surface area contributed by atoms with Crippen LogP contribution < -0.4 is 5.56 Å². The first-order chi connectivity index (χ1) is 7.27. The summed E-state index contributed by atoms with van der Waals surface area (Å²) in [5.74, 6) is 0. The number of thiophene rings is 1. The Morgan fingerprint density at radius 3 is 3.00 bits per heavy atom. The Bertz CT molecular complexity index is 713. The van der Waals surface area contributed by atoms with Crippen molar-refractivity contribution < 1.29 is 0 Å². The fraction of sp³-hybridized carbons (Fsp3) is 0.100. The minimum absolute atomic E-state index is 0.0822. The van der Waals surface area contributed by atoms with Gasteiger partial charge in [-0.15, -0.1) is 16.4 Å². The van der Waals surface area contributed by atoms with E-state index in [0.29, 0.717) is 10.2 Å². The summed E-state index contributed by atoms with van der Waals surface area (Å²) in [6.45, 7) is 0. The Kier molecular flexibility index (Phi) is 1.63. The van der Waals surface area contributed by atoms with E-state index < -0.39 is 0 Å². The molecule has 0 saturated carbocycles. The van der Waals surface area contributed by atoms with E-state index in [9.17, 15) is 4.79 Å². The van der Waals surface area contributed by atoms with Crippen LogP contribution in [0.15, 0.2) is 29.1 Å². The lowest BCUT2D eigenvalue weighted by atomic mass is 10.2. The van der Waals surface area contributed by atoms with Gasteiger partial charge in [0, 0.05) is 17.1 Å². The molecule has 0 spiro atoms. The number of nitrogens with zero attached hydrogens (tertiary/aromatic N) is 3. The molecule has 0 saturated heterocycles. The first kappa shape index (κ1) is 8.55. The van der Waals surface area contributed by atoms with E-state index in [-0.39, 0.29) is 5.56 Å². The van der Waals surface area contributed by atoms with Crippen LogP contribution in [0.25, 0.3) is 20.3 Å². The van der Waals surface area contributed by atoms with E-state index in [0.717, 1.165) is 10.1 Å². The molecule has 3 rings (SSSR count).